The molecule has 2 aliphatic rings. The standard InChI is InChI=1S/C20H27N3O4/c24-17(25)16-8-12-23(13-9-16)18(26)20(10-4-5-11-20)22-19(27)21-14-15-6-2-1-3-7-15/h1-3,6-7,16H,4-5,8-14H2,(H,24,25)(H2,21,22,27). The molecular formula is C20H27N3O4. The quantitative estimate of drug-likeness (QED) is 0.736. The third-order valence-electron chi connectivity index (χ3n) is 5.65. The zero-order valence-corrected chi connectivity index (χ0v) is 15.4. The summed E-state index contributed by atoms with van der Waals surface area (Å²) in [7, 11) is 0. The summed E-state index contributed by atoms with van der Waals surface area (Å²) in [4.78, 5) is 38.4. The van der Waals surface area contributed by atoms with Gasteiger partial charge in [-0.2, -0.15) is 0 Å². The van der Waals surface area contributed by atoms with Gasteiger partial charge < -0.3 is 20.6 Å². The molecule has 1 heterocycles. The number of carbonyl (C=O) groups is 3. The summed E-state index contributed by atoms with van der Waals surface area (Å²) in [6.45, 7) is 1.27. The van der Waals surface area contributed by atoms with E-state index in [1.54, 1.807) is 4.90 Å². The zero-order valence-electron chi connectivity index (χ0n) is 15.4. The number of nitrogens with zero attached hydrogens (tertiary/aromatic N) is 1. The van der Waals surface area contributed by atoms with Crippen LogP contribution in [0.2, 0.25) is 0 Å². The molecule has 7 heteroatoms. The predicted molar refractivity (Wildman–Crippen MR) is 100.0 cm³/mol. The van der Waals surface area contributed by atoms with Gasteiger partial charge in [0.25, 0.3) is 0 Å². The lowest BCUT2D eigenvalue weighted by atomic mass is 9.91. The first-order valence-electron chi connectivity index (χ1n) is 9.62. The number of carboxylic acids is 1. The molecule has 146 valence electrons. The van der Waals surface area contributed by atoms with Crippen LogP contribution in [0.15, 0.2) is 30.3 Å². The molecule has 7 nitrogen and oxygen atoms in total. The predicted octanol–water partition coefficient (Wildman–Crippen LogP) is 2.12. The van der Waals surface area contributed by atoms with Gasteiger partial charge in [0, 0.05) is 19.6 Å². The Morgan fingerprint density at radius 1 is 1.07 bits per heavy atom. The maximum absolute atomic E-state index is 13.1. The second-order valence-corrected chi connectivity index (χ2v) is 7.49. The van der Waals surface area contributed by atoms with Crippen molar-refractivity contribution in [1.82, 2.24) is 15.5 Å². The molecule has 0 bridgehead atoms. The SMILES string of the molecule is O=C(NCc1ccccc1)NC1(C(=O)N2CCC(C(=O)O)CC2)CCCC1. The fourth-order valence-corrected chi connectivity index (χ4v) is 4.04. The van der Waals surface area contributed by atoms with Gasteiger partial charge in [-0.05, 0) is 31.2 Å². The van der Waals surface area contributed by atoms with Crippen LogP contribution in [-0.2, 0) is 16.1 Å². The molecule has 1 aromatic carbocycles. The van der Waals surface area contributed by atoms with Crippen molar-refractivity contribution in [3.63, 3.8) is 0 Å². The number of rotatable bonds is 5. The van der Waals surface area contributed by atoms with E-state index >= 15 is 0 Å². The first-order chi connectivity index (χ1) is 13.0. The fourth-order valence-electron chi connectivity index (χ4n) is 4.04. The highest BCUT2D eigenvalue weighted by atomic mass is 16.4. The van der Waals surface area contributed by atoms with Crippen molar-refractivity contribution < 1.29 is 19.5 Å². The van der Waals surface area contributed by atoms with E-state index in [9.17, 15) is 14.4 Å². The molecule has 2 fully saturated rings. The lowest BCUT2D eigenvalue weighted by molar-refractivity contribution is -0.147. The number of piperidine rings is 1. The first-order valence-corrected chi connectivity index (χ1v) is 9.62. The normalized spacial score (nSPS) is 19.5. The number of benzene rings is 1. The van der Waals surface area contributed by atoms with Gasteiger partial charge in [0.15, 0.2) is 0 Å². The smallest absolute Gasteiger partial charge is 0.315 e. The van der Waals surface area contributed by atoms with Crippen LogP contribution < -0.4 is 10.6 Å². The molecule has 0 aromatic heterocycles. The average molecular weight is 373 g/mol. The van der Waals surface area contributed by atoms with Crippen LogP contribution in [0.4, 0.5) is 4.79 Å². The summed E-state index contributed by atoms with van der Waals surface area (Å²) in [5, 5.41) is 14.9. The molecule has 27 heavy (non-hydrogen) atoms. The van der Waals surface area contributed by atoms with Crippen LogP contribution in [-0.4, -0.2) is 46.5 Å². The third kappa shape index (κ3) is 4.59. The van der Waals surface area contributed by atoms with Crippen molar-refractivity contribution in [3.05, 3.63) is 35.9 Å². The molecular weight excluding hydrogens is 346 g/mol. The molecule has 0 unspecified atom stereocenters. The summed E-state index contributed by atoms with van der Waals surface area (Å²) in [5.41, 5.74) is 0.131. The van der Waals surface area contributed by atoms with Crippen molar-refractivity contribution in [3.8, 4) is 0 Å². The maximum atomic E-state index is 13.1. The van der Waals surface area contributed by atoms with Crippen molar-refractivity contribution in [2.75, 3.05) is 13.1 Å². The monoisotopic (exact) mass is 373 g/mol. The minimum absolute atomic E-state index is 0.0706. The Hall–Kier alpha value is -2.57. The highest BCUT2D eigenvalue weighted by Crippen LogP contribution is 2.33. The molecule has 1 saturated carbocycles. The number of nitrogens with one attached hydrogen (secondary N) is 2. The van der Waals surface area contributed by atoms with E-state index in [1.165, 1.54) is 0 Å². The van der Waals surface area contributed by atoms with Crippen LogP contribution in [0, 0.1) is 5.92 Å². The van der Waals surface area contributed by atoms with Crippen molar-refractivity contribution >= 4 is 17.9 Å². The van der Waals surface area contributed by atoms with Crippen molar-refractivity contribution in [1.29, 1.82) is 0 Å². The summed E-state index contributed by atoms with van der Waals surface area (Å²) >= 11 is 0. The second-order valence-electron chi connectivity index (χ2n) is 7.49. The van der Waals surface area contributed by atoms with E-state index in [2.05, 4.69) is 10.6 Å². The largest absolute Gasteiger partial charge is 0.481 e. The van der Waals surface area contributed by atoms with Crippen LogP contribution in [0.1, 0.15) is 44.1 Å². The van der Waals surface area contributed by atoms with Gasteiger partial charge in [-0.1, -0.05) is 43.2 Å². The van der Waals surface area contributed by atoms with Gasteiger partial charge in [0.05, 0.1) is 5.92 Å². The topological polar surface area (TPSA) is 98.7 Å². The Labute approximate surface area is 159 Å². The molecule has 3 amide bonds. The minimum atomic E-state index is -0.864. The van der Waals surface area contributed by atoms with E-state index in [1.807, 2.05) is 30.3 Å². The van der Waals surface area contributed by atoms with Crippen LogP contribution >= 0.6 is 0 Å². The minimum Gasteiger partial charge on any atom is -0.481 e. The number of likely N-dealkylation sites (tertiary alicyclic amines) is 1. The Morgan fingerprint density at radius 2 is 1.70 bits per heavy atom. The van der Waals surface area contributed by atoms with Gasteiger partial charge in [0.2, 0.25) is 5.91 Å². The van der Waals surface area contributed by atoms with E-state index in [-0.39, 0.29) is 17.9 Å². The lowest BCUT2D eigenvalue weighted by Crippen LogP contribution is -2.61. The van der Waals surface area contributed by atoms with E-state index in [0.717, 1.165) is 18.4 Å². The van der Waals surface area contributed by atoms with Gasteiger partial charge in [0.1, 0.15) is 5.54 Å². The second kappa shape index (κ2) is 8.41. The van der Waals surface area contributed by atoms with E-state index in [4.69, 9.17) is 5.11 Å². The number of aliphatic carboxylic acids is 1. The highest BCUT2D eigenvalue weighted by Gasteiger charge is 2.45. The molecule has 3 N–H and O–H groups in total. The van der Waals surface area contributed by atoms with Crippen LogP contribution in [0.25, 0.3) is 0 Å². The van der Waals surface area contributed by atoms with Gasteiger partial charge in [-0.3, -0.25) is 9.59 Å². The maximum Gasteiger partial charge on any atom is 0.315 e. The summed E-state index contributed by atoms with van der Waals surface area (Å²) in [6, 6.07) is 9.28. The highest BCUT2D eigenvalue weighted by molar-refractivity contribution is 5.91. The first kappa shape index (κ1) is 19.2. The van der Waals surface area contributed by atoms with Crippen LogP contribution in [0.3, 0.4) is 0 Å². The number of hydrogen-bond donors (Lipinski definition) is 3. The Kier molecular flexibility index (Phi) is 5.98. The lowest BCUT2D eigenvalue weighted by Gasteiger charge is -2.38. The van der Waals surface area contributed by atoms with Crippen molar-refractivity contribution in [2.45, 2.75) is 50.6 Å². The Bertz CT molecular complexity index is 678. The molecule has 0 spiro atoms. The van der Waals surface area contributed by atoms with Gasteiger partial charge in [-0.15, -0.1) is 0 Å². The number of carbonyl (C=O) groups excluding carboxylic acids is 2. The molecule has 1 aromatic rings. The third-order valence-corrected chi connectivity index (χ3v) is 5.65. The zero-order chi connectivity index (χ0) is 19.3. The number of carboxylic acid groups (broad SMARTS) is 1. The number of urea groups is 1. The molecule has 3 rings (SSSR count). The average Bonchev–Trinajstić information content (AvgIpc) is 3.16. The summed E-state index contributed by atoms with van der Waals surface area (Å²) in [6.07, 6.45) is 3.99. The Balaban J connectivity index is 1.59. The molecule has 1 aliphatic heterocycles. The van der Waals surface area contributed by atoms with Crippen molar-refractivity contribution in [2.24, 2.45) is 5.92 Å². The molecule has 1 aliphatic carbocycles. The molecule has 0 atom stereocenters. The summed E-state index contributed by atoms with van der Waals surface area (Å²) in [5.74, 6) is -1.24. The fraction of sp³-hybridized carbons (Fsp3) is 0.550. The number of amides is 3. The number of hydrogen-bond acceptors (Lipinski definition) is 3. The van der Waals surface area contributed by atoms with Gasteiger partial charge in [-0.25, -0.2) is 4.79 Å². The Morgan fingerprint density at radius 3 is 2.30 bits per heavy atom. The van der Waals surface area contributed by atoms with Crippen LogP contribution in [0.5, 0.6) is 0 Å². The summed E-state index contributed by atoms with van der Waals surface area (Å²) < 4.78 is 0. The molecule has 1 saturated heterocycles. The molecule has 0 radical (unpaired) electrons. The van der Waals surface area contributed by atoms with E-state index in [0.29, 0.717) is 45.3 Å². The van der Waals surface area contributed by atoms with E-state index < -0.39 is 11.5 Å². The van der Waals surface area contributed by atoms with Gasteiger partial charge >= 0.3 is 12.0 Å².